The highest BCUT2D eigenvalue weighted by atomic mass is 35.5. The lowest BCUT2D eigenvalue weighted by molar-refractivity contribution is -0.160. The zero-order chi connectivity index (χ0) is 17.5. The van der Waals surface area contributed by atoms with E-state index >= 15 is 0 Å². The second-order valence-electron chi connectivity index (χ2n) is 5.21. The summed E-state index contributed by atoms with van der Waals surface area (Å²) in [5, 5.41) is 0.565. The molecule has 128 valence electrons. The molecular weight excluding hydrogens is 335 g/mol. The molecule has 24 heavy (non-hydrogen) atoms. The van der Waals surface area contributed by atoms with Crippen LogP contribution in [-0.4, -0.2) is 34.9 Å². The maximum absolute atomic E-state index is 13.0. The Morgan fingerprint density at radius 2 is 2.04 bits per heavy atom. The second kappa shape index (κ2) is 8.59. The van der Waals surface area contributed by atoms with Gasteiger partial charge >= 0.3 is 11.9 Å². The molecule has 0 atom stereocenters. The summed E-state index contributed by atoms with van der Waals surface area (Å²) >= 11 is 6.17. The molecule has 1 aliphatic carbocycles. The Hall–Kier alpha value is -2.21. The standard InChI is InChI=1S/C17H18ClFN2O3/c1-2-24-17(23)16(22)21(10-12-5-3-4-6-15(12)18)11-14-8-7-13(19)9-20-14/h5-9H,2-4,10-11H2,1H3. The fraction of sp³-hybridized carbons (Fsp3) is 0.353. The highest BCUT2D eigenvalue weighted by Crippen LogP contribution is 2.23. The molecule has 1 heterocycles. The Balaban J connectivity index is 2.18. The number of esters is 1. The van der Waals surface area contributed by atoms with E-state index in [-0.39, 0.29) is 19.7 Å². The second-order valence-corrected chi connectivity index (χ2v) is 5.62. The molecule has 1 aliphatic rings. The third kappa shape index (κ3) is 4.89. The van der Waals surface area contributed by atoms with Gasteiger partial charge in [0.15, 0.2) is 0 Å². The lowest BCUT2D eigenvalue weighted by Gasteiger charge is -2.23. The Kier molecular flexibility index (Phi) is 6.49. The molecule has 0 aliphatic heterocycles. The van der Waals surface area contributed by atoms with Crippen LogP contribution in [0.1, 0.15) is 25.5 Å². The molecule has 0 saturated heterocycles. The summed E-state index contributed by atoms with van der Waals surface area (Å²) in [7, 11) is 0. The molecule has 0 unspecified atom stereocenters. The van der Waals surface area contributed by atoms with Gasteiger partial charge in [-0.3, -0.25) is 9.78 Å². The summed E-state index contributed by atoms with van der Waals surface area (Å²) in [6.07, 6.45) is 6.54. The molecule has 0 bridgehead atoms. The summed E-state index contributed by atoms with van der Waals surface area (Å²) in [6, 6.07) is 2.72. The van der Waals surface area contributed by atoms with Crippen molar-refractivity contribution in [3.63, 3.8) is 0 Å². The van der Waals surface area contributed by atoms with Crippen molar-refractivity contribution in [3.8, 4) is 0 Å². The average molecular weight is 353 g/mol. The molecule has 1 aromatic heterocycles. The number of aromatic nitrogens is 1. The number of amides is 1. The van der Waals surface area contributed by atoms with Crippen molar-refractivity contribution >= 4 is 23.5 Å². The summed E-state index contributed by atoms with van der Waals surface area (Å²) < 4.78 is 17.8. The number of rotatable bonds is 5. The van der Waals surface area contributed by atoms with Crippen molar-refractivity contribution in [2.75, 3.05) is 13.2 Å². The number of carbonyl (C=O) groups is 2. The van der Waals surface area contributed by atoms with Gasteiger partial charge in [-0.1, -0.05) is 23.8 Å². The molecule has 5 nitrogen and oxygen atoms in total. The number of allylic oxidation sites excluding steroid dienone is 2. The van der Waals surface area contributed by atoms with Crippen LogP contribution >= 0.6 is 11.6 Å². The molecular formula is C17H18ClFN2O3. The van der Waals surface area contributed by atoms with Crippen LogP contribution in [0, 0.1) is 5.82 Å². The van der Waals surface area contributed by atoms with Crippen LogP contribution in [0.2, 0.25) is 0 Å². The van der Waals surface area contributed by atoms with Crippen molar-refractivity contribution in [2.45, 2.75) is 26.3 Å². The van der Waals surface area contributed by atoms with Crippen LogP contribution in [0.15, 0.2) is 41.1 Å². The maximum Gasteiger partial charge on any atom is 0.397 e. The van der Waals surface area contributed by atoms with E-state index in [9.17, 15) is 14.0 Å². The molecule has 1 aromatic rings. The van der Waals surface area contributed by atoms with Crippen LogP contribution in [0.5, 0.6) is 0 Å². The third-order valence-corrected chi connectivity index (χ3v) is 3.82. The van der Waals surface area contributed by atoms with Crippen LogP contribution in [-0.2, 0) is 20.9 Å². The Labute approximate surface area is 144 Å². The van der Waals surface area contributed by atoms with E-state index in [4.69, 9.17) is 16.3 Å². The molecule has 0 N–H and O–H groups in total. The first kappa shape index (κ1) is 18.1. The molecule has 0 spiro atoms. The van der Waals surface area contributed by atoms with Gasteiger partial charge in [-0.25, -0.2) is 9.18 Å². The first-order valence-corrected chi connectivity index (χ1v) is 8.00. The average Bonchev–Trinajstić information content (AvgIpc) is 2.57. The van der Waals surface area contributed by atoms with Crippen molar-refractivity contribution in [1.82, 2.24) is 9.88 Å². The summed E-state index contributed by atoms with van der Waals surface area (Å²) in [5.74, 6) is -2.18. The monoisotopic (exact) mass is 352 g/mol. The zero-order valence-corrected chi connectivity index (χ0v) is 14.1. The van der Waals surface area contributed by atoms with Gasteiger partial charge in [0, 0.05) is 11.6 Å². The van der Waals surface area contributed by atoms with Gasteiger partial charge < -0.3 is 9.64 Å². The van der Waals surface area contributed by atoms with Gasteiger partial charge in [-0.05, 0) is 37.5 Å². The van der Waals surface area contributed by atoms with Crippen molar-refractivity contribution < 1.29 is 18.7 Å². The van der Waals surface area contributed by atoms with Crippen LogP contribution < -0.4 is 0 Å². The Bertz CT molecular complexity index is 671. The van der Waals surface area contributed by atoms with E-state index < -0.39 is 17.7 Å². The molecule has 1 amide bonds. The van der Waals surface area contributed by atoms with Crippen molar-refractivity contribution in [2.24, 2.45) is 0 Å². The minimum Gasteiger partial charge on any atom is -0.459 e. The van der Waals surface area contributed by atoms with E-state index in [1.807, 2.05) is 12.2 Å². The van der Waals surface area contributed by atoms with Gasteiger partial charge in [0.2, 0.25) is 0 Å². The van der Waals surface area contributed by atoms with Crippen molar-refractivity contribution in [3.05, 3.63) is 52.6 Å². The van der Waals surface area contributed by atoms with Gasteiger partial charge in [0.25, 0.3) is 0 Å². The van der Waals surface area contributed by atoms with Gasteiger partial charge in [0.1, 0.15) is 5.82 Å². The third-order valence-electron chi connectivity index (χ3n) is 3.43. The number of nitrogens with zero attached hydrogens (tertiary/aromatic N) is 2. The fourth-order valence-corrected chi connectivity index (χ4v) is 2.50. The highest BCUT2D eigenvalue weighted by molar-refractivity contribution is 6.33. The maximum atomic E-state index is 13.0. The lowest BCUT2D eigenvalue weighted by atomic mass is 10.1. The van der Waals surface area contributed by atoms with Gasteiger partial charge in [-0.15, -0.1) is 0 Å². The molecule has 0 aromatic carbocycles. The molecule has 2 rings (SSSR count). The predicted octanol–water partition coefficient (Wildman–Crippen LogP) is 2.96. The fourth-order valence-electron chi connectivity index (χ4n) is 2.26. The molecule has 0 fully saturated rings. The molecule has 0 saturated carbocycles. The normalized spacial score (nSPS) is 13.8. The van der Waals surface area contributed by atoms with E-state index in [1.165, 1.54) is 17.0 Å². The van der Waals surface area contributed by atoms with E-state index in [0.29, 0.717) is 10.7 Å². The van der Waals surface area contributed by atoms with Crippen LogP contribution in [0.25, 0.3) is 0 Å². The van der Waals surface area contributed by atoms with E-state index in [1.54, 1.807) is 6.92 Å². The molecule has 7 heteroatoms. The number of halogens is 2. The quantitative estimate of drug-likeness (QED) is 0.604. The number of hydrogen-bond donors (Lipinski definition) is 0. The first-order valence-electron chi connectivity index (χ1n) is 7.62. The topological polar surface area (TPSA) is 59.5 Å². The zero-order valence-electron chi connectivity index (χ0n) is 13.3. The van der Waals surface area contributed by atoms with Crippen molar-refractivity contribution in [1.29, 1.82) is 0 Å². The number of pyridine rings is 1. The van der Waals surface area contributed by atoms with Crippen LogP contribution in [0.3, 0.4) is 0 Å². The highest BCUT2D eigenvalue weighted by Gasteiger charge is 2.25. The SMILES string of the molecule is CCOC(=O)C(=O)N(CC1=CCCC=C1Cl)Cc1ccc(F)cn1. The smallest absolute Gasteiger partial charge is 0.397 e. The first-order chi connectivity index (χ1) is 11.5. The Morgan fingerprint density at radius 3 is 2.67 bits per heavy atom. The minimum absolute atomic E-state index is 0.0550. The van der Waals surface area contributed by atoms with Gasteiger partial charge in [0.05, 0.1) is 25.0 Å². The van der Waals surface area contributed by atoms with E-state index in [2.05, 4.69) is 4.98 Å². The molecule has 0 radical (unpaired) electrons. The predicted molar refractivity (Wildman–Crippen MR) is 87.5 cm³/mol. The van der Waals surface area contributed by atoms with Crippen LogP contribution in [0.4, 0.5) is 4.39 Å². The summed E-state index contributed by atoms with van der Waals surface area (Å²) in [5.41, 5.74) is 1.23. The number of hydrogen-bond acceptors (Lipinski definition) is 4. The van der Waals surface area contributed by atoms with Gasteiger partial charge in [-0.2, -0.15) is 0 Å². The summed E-state index contributed by atoms with van der Waals surface area (Å²) in [6.45, 7) is 1.95. The lowest BCUT2D eigenvalue weighted by Crippen LogP contribution is -2.38. The minimum atomic E-state index is -0.934. The number of carbonyl (C=O) groups excluding carboxylic acids is 2. The van der Waals surface area contributed by atoms with E-state index in [0.717, 1.165) is 24.6 Å². The number of ether oxygens (including phenoxy) is 1. The largest absolute Gasteiger partial charge is 0.459 e. The Morgan fingerprint density at radius 1 is 1.29 bits per heavy atom. The summed E-state index contributed by atoms with van der Waals surface area (Å²) in [4.78, 5) is 29.4.